The third-order valence-electron chi connectivity index (χ3n) is 6.75. The molecule has 0 saturated carbocycles. The van der Waals surface area contributed by atoms with Crippen molar-refractivity contribution in [2.75, 3.05) is 85.6 Å². The van der Waals surface area contributed by atoms with Gasteiger partial charge in [-0.1, -0.05) is 0 Å². The highest BCUT2D eigenvalue weighted by atomic mass is 16.5. The first-order valence-corrected chi connectivity index (χ1v) is 11.3. The molecule has 2 aliphatic rings. The first-order chi connectivity index (χ1) is 15.6. The number of piperazine rings is 2. The van der Waals surface area contributed by atoms with Gasteiger partial charge in [0.2, 0.25) is 0 Å². The summed E-state index contributed by atoms with van der Waals surface area (Å²) in [5, 5.41) is 2.13. The van der Waals surface area contributed by atoms with Crippen molar-refractivity contribution in [2.24, 2.45) is 0 Å². The van der Waals surface area contributed by atoms with Gasteiger partial charge >= 0.3 is 0 Å². The van der Waals surface area contributed by atoms with Crippen LogP contribution in [0.3, 0.4) is 0 Å². The van der Waals surface area contributed by atoms with Crippen LogP contribution >= 0.6 is 0 Å². The number of nitrogens with one attached hydrogen (secondary N) is 1. The lowest BCUT2D eigenvalue weighted by molar-refractivity contribution is 0.145. The summed E-state index contributed by atoms with van der Waals surface area (Å²) in [5.74, 6) is 3.32. The van der Waals surface area contributed by atoms with E-state index < -0.39 is 0 Å². The van der Waals surface area contributed by atoms with E-state index in [2.05, 4.69) is 38.7 Å². The number of rotatable bonds is 5. The first kappa shape index (κ1) is 21.2. The highest BCUT2D eigenvalue weighted by molar-refractivity contribution is 6.12. The van der Waals surface area contributed by atoms with Crippen LogP contribution in [0.25, 0.3) is 21.9 Å². The van der Waals surface area contributed by atoms with Crippen molar-refractivity contribution in [1.29, 1.82) is 0 Å². The number of aromatic nitrogens is 3. The van der Waals surface area contributed by atoms with E-state index >= 15 is 0 Å². The van der Waals surface area contributed by atoms with Gasteiger partial charge in [-0.3, -0.25) is 4.90 Å². The molecule has 2 saturated heterocycles. The molecular formula is C23H33N7O2. The summed E-state index contributed by atoms with van der Waals surface area (Å²) in [6, 6.07) is 4.03. The maximum atomic E-state index is 5.58. The van der Waals surface area contributed by atoms with Crippen LogP contribution in [0, 0.1) is 0 Å². The fourth-order valence-corrected chi connectivity index (χ4v) is 4.67. The van der Waals surface area contributed by atoms with Crippen LogP contribution in [0.2, 0.25) is 0 Å². The van der Waals surface area contributed by atoms with E-state index in [-0.39, 0.29) is 0 Å². The second-order valence-electron chi connectivity index (χ2n) is 8.93. The number of ether oxygens (including phenoxy) is 2. The highest BCUT2D eigenvalue weighted by Gasteiger charge is 2.24. The third kappa shape index (κ3) is 3.96. The monoisotopic (exact) mass is 439 g/mol. The van der Waals surface area contributed by atoms with Gasteiger partial charge < -0.3 is 29.2 Å². The van der Waals surface area contributed by atoms with Crippen molar-refractivity contribution < 1.29 is 9.47 Å². The number of nitrogens with zero attached hydrogens (tertiary/aromatic N) is 6. The van der Waals surface area contributed by atoms with E-state index in [0.717, 1.165) is 92.5 Å². The Hall–Kier alpha value is -2.62. The molecule has 0 atom stereocenters. The number of likely N-dealkylation sites (N-methyl/N-ethyl adjacent to an activating group) is 2. The van der Waals surface area contributed by atoms with Crippen LogP contribution in [-0.2, 0) is 6.54 Å². The molecule has 2 aliphatic heterocycles. The Morgan fingerprint density at radius 3 is 2.12 bits per heavy atom. The van der Waals surface area contributed by atoms with Crippen LogP contribution in [-0.4, -0.2) is 110 Å². The van der Waals surface area contributed by atoms with Gasteiger partial charge in [-0.2, -0.15) is 0 Å². The lowest BCUT2D eigenvalue weighted by Gasteiger charge is -2.34. The van der Waals surface area contributed by atoms with Gasteiger partial charge in [-0.25, -0.2) is 9.97 Å². The topological polar surface area (TPSA) is 73.0 Å². The van der Waals surface area contributed by atoms with Crippen LogP contribution in [0.15, 0.2) is 12.1 Å². The molecule has 1 N–H and O–H groups in total. The summed E-state index contributed by atoms with van der Waals surface area (Å²) in [6.07, 6.45) is 0. The van der Waals surface area contributed by atoms with Gasteiger partial charge in [0.25, 0.3) is 0 Å². The molecule has 0 unspecified atom stereocenters. The number of benzene rings is 1. The molecule has 2 aromatic heterocycles. The third-order valence-corrected chi connectivity index (χ3v) is 6.75. The number of aromatic amines is 1. The van der Waals surface area contributed by atoms with Gasteiger partial charge in [0.15, 0.2) is 11.5 Å². The van der Waals surface area contributed by atoms with Gasteiger partial charge in [-0.05, 0) is 20.2 Å². The lowest BCUT2D eigenvalue weighted by atomic mass is 10.1. The molecule has 3 aromatic rings. The molecule has 4 heterocycles. The number of anilines is 1. The van der Waals surface area contributed by atoms with Crippen LogP contribution in [0.5, 0.6) is 11.5 Å². The summed E-state index contributed by atoms with van der Waals surface area (Å²) < 4.78 is 11.1. The zero-order chi connectivity index (χ0) is 22.2. The predicted molar refractivity (Wildman–Crippen MR) is 127 cm³/mol. The molecule has 0 spiro atoms. The summed E-state index contributed by atoms with van der Waals surface area (Å²) >= 11 is 0. The van der Waals surface area contributed by atoms with Crippen molar-refractivity contribution in [1.82, 2.24) is 29.7 Å². The number of methoxy groups -OCH3 is 2. The number of H-pyrrole nitrogens is 1. The Morgan fingerprint density at radius 1 is 0.844 bits per heavy atom. The predicted octanol–water partition coefficient (Wildman–Crippen LogP) is 1.63. The quantitative estimate of drug-likeness (QED) is 0.643. The molecule has 172 valence electrons. The van der Waals surface area contributed by atoms with Crippen molar-refractivity contribution in [3.63, 3.8) is 0 Å². The highest BCUT2D eigenvalue weighted by Crippen LogP contribution is 2.38. The SMILES string of the molecule is COc1cc2[nH]c3nc(CN4CCN(C)CC4)nc(N4CCN(C)CC4)c3c2cc1OC. The minimum absolute atomic E-state index is 0.707. The fraction of sp³-hybridized carbons (Fsp3) is 0.565. The fourth-order valence-electron chi connectivity index (χ4n) is 4.67. The zero-order valence-electron chi connectivity index (χ0n) is 19.5. The molecule has 1 aromatic carbocycles. The van der Waals surface area contributed by atoms with E-state index in [1.807, 2.05) is 12.1 Å². The van der Waals surface area contributed by atoms with Crippen LogP contribution in [0.4, 0.5) is 5.82 Å². The molecule has 0 bridgehead atoms. The van der Waals surface area contributed by atoms with Gasteiger partial charge in [0.05, 0.1) is 31.7 Å². The van der Waals surface area contributed by atoms with E-state index in [1.165, 1.54) is 0 Å². The van der Waals surface area contributed by atoms with Crippen molar-refractivity contribution in [3.05, 3.63) is 18.0 Å². The van der Waals surface area contributed by atoms with E-state index in [1.54, 1.807) is 14.2 Å². The maximum absolute atomic E-state index is 5.58. The molecule has 9 nitrogen and oxygen atoms in total. The Kier molecular flexibility index (Phi) is 5.79. The molecule has 0 aliphatic carbocycles. The largest absolute Gasteiger partial charge is 0.493 e. The summed E-state index contributed by atoms with van der Waals surface area (Å²) in [6.45, 7) is 8.99. The average Bonchev–Trinajstić information content (AvgIpc) is 3.16. The Bertz CT molecular complexity index is 1100. The molecule has 2 fully saturated rings. The average molecular weight is 440 g/mol. The second kappa shape index (κ2) is 8.73. The van der Waals surface area contributed by atoms with E-state index in [9.17, 15) is 0 Å². The van der Waals surface area contributed by atoms with Crippen molar-refractivity contribution in [3.8, 4) is 11.5 Å². The normalized spacial score (nSPS) is 19.2. The maximum Gasteiger partial charge on any atom is 0.162 e. The minimum Gasteiger partial charge on any atom is -0.493 e. The minimum atomic E-state index is 0.707. The summed E-state index contributed by atoms with van der Waals surface area (Å²) in [5.41, 5.74) is 1.86. The van der Waals surface area contributed by atoms with Gasteiger partial charge in [0, 0.05) is 63.8 Å². The van der Waals surface area contributed by atoms with Gasteiger partial charge in [0.1, 0.15) is 17.3 Å². The van der Waals surface area contributed by atoms with Crippen LogP contribution < -0.4 is 14.4 Å². The van der Waals surface area contributed by atoms with Gasteiger partial charge in [-0.15, -0.1) is 0 Å². The Balaban J connectivity index is 1.61. The van der Waals surface area contributed by atoms with Crippen molar-refractivity contribution in [2.45, 2.75) is 6.54 Å². The Labute approximate surface area is 188 Å². The number of hydrogen-bond donors (Lipinski definition) is 1. The Morgan fingerprint density at radius 2 is 1.47 bits per heavy atom. The standard InChI is InChI=1S/C23H33N7O2/c1-27-5-9-29(10-6-27)15-20-25-22-21(23(26-20)30-11-7-28(2)8-12-30)16-13-18(31-3)19(32-4)14-17(16)24-22/h13-14H,5-12,15H2,1-4H3,(H,24,25,26). The molecule has 5 rings (SSSR count). The number of hydrogen-bond acceptors (Lipinski definition) is 8. The lowest BCUT2D eigenvalue weighted by Crippen LogP contribution is -2.45. The summed E-state index contributed by atoms with van der Waals surface area (Å²) in [7, 11) is 7.69. The summed E-state index contributed by atoms with van der Waals surface area (Å²) in [4.78, 5) is 23.2. The van der Waals surface area contributed by atoms with Crippen LogP contribution in [0.1, 0.15) is 5.82 Å². The van der Waals surface area contributed by atoms with E-state index in [0.29, 0.717) is 11.5 Å². The zero-order valence-corrected chi connectivity index (χ0v) is 19.5. The molecule has 32 heavy (non-hydrogen) atoms. The van der Waals surface area contributed by atoms with E-state index in [4.69, 9.17) is 19.4 Å². The first-order valence-electron chi connectivity index (χ1n) is 11.3. The molecular weight excluding hydrogens is 406 g/mol. The second-order valence-corrected chi connectivity index (χ2v) is 8.93. The number of fused-ring (bicyclic) bond motifs is 3. The molecule has 0 amide bonds. The molecule has 9 heteroatoms. The van der Waals surface area contributed by atoms with Crippen molar-refractivity contribution >= 4 is 27.8 Å². The smallest absolute Gasteiger partial charge is 0.162 e. The molecule has 0 radical (unpaired) electrons.